The van der Waals surface area contributed by atoms with Crippen LogP contribution >= 0.6 is 0 Å². The van der Waals surface area contributed by atoms with E-state index in [9.17, 15) is 4.79 Å². The molecule has 0 unspecified atom stereocenters. The van der Waals surface area contributed by atoms with Gasteiger partial charge in [0.05, 0.1) is 13.2 Å². The highest BCUT2D eigenvalue weighted by Gasteiger charge is 2.21. The summed E-state index contributed by atoms with van der Waals surface area (Å²) in [6.45, 7) is 11.8. The Morgan fingerprint density at radius 2 is 1.76 bits per heavy atom. The van der Waals surface area contributed by atoms with E-state index in [1.807, 2.05) is 4.90 Å². The molecule has 2 aliphatic heterocycles. The van der Waals surface area contributed by atoms with Gasteiger partial charge in [-0.3, -0.25) is 9.80 Å². The molecule has 1 N–H and O–H groups in total. The van der Waals surface area contributed by atoms with Crippen LogP contribution in [-0.2, 0) is 11.3 Å². The van der Waals surface area contributed by atoms with Crippen molar-refractivity contribution in [1.29, 1.82) is 0 Å². The highest BCUT2D eigenvalue weighted by atomic mass is 16.5. The van der Waals surface area contributed by atoms with Crippen molar-refractivity contribution in [1.82, 2.24) is 20.0 Å². The molecule has 25 heavy (non-hydrogen) atoms. The third-order valence-electron chi connectivity index (χ3n) is 5.12. The van der Waals surface area contributed by atoms with Gasteiger partial charge in [0, 0.05) is 58.9 Å². The minimum atomic E-state index is 0.0730. The number of benzene rings is 1. The Hall–Kier alpha value is -1.63. The van der Waals surface area contributed by atoms with E-state index in [0.29, 0.717) is 6.54 Å². The van der Waals surface area contributed by atoms with Gasteiger partial charge in [-0.1, -0.05) is 24.3 Å². The molecule has 1 aromatic carbocycles. The van der Waals surface area contributed by atoms with E-state index in [1.54, 1.807) is 0 Å². The first-order valence-corrected chi connectivity index (χ1v) is 9.32. The number of carbonyl (C=O) groups excluding carboxylic acids is 1. The van der Waals surface area contributed by atoms with Crippen LogP contribution in [0, 0.1) is 6.92 Å². The summed E-state index contributed by atoms with van der Waals surface area (Å²) >= 11 is 0. The second kappa shape index (κ2) is 9.17. The molecule has 6 heteroatoms. The van der Waals surface area contributed by atoms with Crippen molar-refractivity contribution in [2.24, 2.45) is 0 Å². The molecule has 2 amide bonds. The van der Waals surface area contributed by atoms with E-state index in [1.165, 1.54) is 11.1 Å². The smallest absolute Gasteiger partial charge is 0.317 e. The lowest BCUT2D eigenvalue weighted by atomic mass is 10.1. The number of ether oxygens (including phenoxy) is 1. The van der Waals surface area contributed by atoms with Gasteiger partial charge >= 0.3 is 6.03 Å². The van der Waals surface area contributed by atoms with Gasteiger partial charge in [0.2, 0.25) is 0 Å². The molecule has 138 valence electrons. The van der Waals surface area contributed by atoms with Gasteiger partial charge in [0.15, 0.2) is 0 Å². The van der Waals surface area contributed by atoms with Crippen molar-refractivity contribution >= 4 is 6.03 Å². The minimum absolute atomic E-state index is 0.0730. The fourth-order valence-corrected chi connectivity index (χ4v) is 3.39. The predicted molar refractivity (Wildman–Crippen MR) is 98.7 cm³/mol. The average molecular weight is 346 g/mol. The number of aryl methyl sites for hydroxylation is 1. The number of hydrogen-bond donors (Lipinski definition) is 1. The Balaban J connectivity index is 1.35. The quantitative estimate of drug-likeness (QED) is 0.869. The van der Waals surface area contributed by atoms with Gasteiger partial charge < -0.3 is 15.0 Å². The first-order valence-electron chi connectivity index (χ1n) is 9.32. The number of nitrogens with zero attached hydrogens (tertiary/aromatic N) is 3. The molecule has 0 bridgehead atoms. The fraction of sp³-hybridized carbons (Fsp3) is 0.632. The molecule has 0 saturated carbocycles. The van der Waals surface area contributed by atoms with Crippen molar-refractivity contribution in [3.63, 3.8) is 0 Å². The Morgan fingerprint density at radius 3 is 2.48 bits per heavy atom. The van der Waals surface area contributed by atoms with Crippen molar-refractivity contribution in [2.45, 2.75) is 13.5 Å². The van der Waals surface area contributed by atoms with Gasteiger partial charge in [-0.2, -0.15) is 0 Å². The van der Waals surface area contributed by atoms with Crippen LogP contribution in [0.1, 0.15) is 11.1 Å². The molecular weight excluding hydrogens is 316 g/mol. The number of morpholine rings is 1. The lowest BCUT2D eigenvalue weighted by Crippen LogP contribution is -2.52. The molecule has 2 fully saturated rings. The van der Waals surface area contributed by atoms with Crippen LogP contribution in [0.5, 0.6) is 0 Å². The van der Waals surface area contributed by atoms with Crippen molar-refractivity contribution in [2.75, 3.05) is 65.6 Å². The Bertz CT molecular complexity index is 552. The third kappa shape index (κ3) is 5.42. The maximum Gasteiger partial charge on any atom is 0.317 e. The lowest BCUT2D eigenvalue weighted by Gasteiger charge is -2.35. The largest absolute Gasteiger partial charge is 0.379 e. The van der Waals surface area contributed by atoms with E-state index in [-0.39, 0.29) is 6.03 Å². The monoisotopic (exact) mass is 346 g/mol. The highest BCUT2D eigenvalue weighted by molar-refractivity contribution is 5.74. The van der Waals surface area contributed by atoms with Crippen molar-refractivity contribution in [3.8, 4) is 0 Å². The second-order valence-corrected chi connectivity index (χ2v) is 6.88. The number of carbonyl (C=O) groups is 1. The number of nitrogens with one attached hydrogen (secondary N) is 1. The fourth-order valence-electron chi connectivity index (χ4n) is 3.39. The number of amides is 2. The van der Waals surface area contributed by atoms with E-state index >= 15 is 0 Å². The summed E-state index contributed by atoms with van der Waals surface area (Å²) in [5.41, 5.74) is 2.72. The topological polar surface area (TPSA) is 48.0 Å². The first kappa shape index (κ1) is 18.2. The van der Waals surface area contributed by atoms with Gasteiger partial charge in [0.25, 0.3) is 0 Å². The Labute approximate surface area is 150 Å². The summed E-state index contributed by atoms with van der Waals surface area (Å²) < 4.78 is 5.34. The number of rotatable bonds is 5. The summed E-state index contributed by atoms with van der Waals surface area (Å²) in [5, 5.41) is 3.06. The summed E-state index contributed by atoms with van der Waals surface area (Å²) in [6, 6.07) is 8.61. The normalized spacial score (nSPS) is 19.8. The first-order chi connectivity index (χ1) is 12.2. The molecule has 6 nitrogen and oxygen atoms in total. The number of urea groups is 1. The minimum Gasteiger partial charge on any atom is -0.379 e. The zero-order valence-electron chi connectivity index (χ0n) is 15.2. The zero-order valence-corrected chi connectivity index (χ0v) is 15.2. The number of piperazine rings is 1. The molecule has 0 spiro atoms. The molecule has 2 heterocycles. The van der Waals surface area contributed by atoms with Crippen LogP contribution in [0.4, 0.5) is 4.79 Å². The molecule has 2 saturated heterocycles. The molecule has 1 aromatic rings. The van der Waals surface area contributed by atoms with Crippen LogP contribution in [0.2, 0.25) is 0 Å². The predicted octanol–water partition coefficient (Wildman–Crippen LogP) is 1.15. The van der Waals surface area contributed by atoms with Crippen LogP contribution in [0.3, 0.4) is 0 Å². The third-order valence-corrected chi connectivity index (χ3v) is 5.12. The maximum absolute atomic E-state index is 12.3. The Morgan fingerprint density at radius 1 is 1.04 bits per heavy atom. The standard InChI is InChI=1S/C19H30N4O2/c1-17-4-2-3-5-18(17)16-22-8-10-23(11-9-22)19(24)20-6-7-21-12-14-25-15-13-21/h2-5H,6-16H2,1H3,(H,20,24). The molecule has 0 aromatic heterocycles. The molecular formula is C19H30N4O2. The van der Waals surface area contributed by atoms with Crippen molar-refractivity contribution in [3.05, 3.63) is 35.4 Å². The molecule has 0 radical (unpaired) electrons. The van der Waals surface area contributed by atoms with E-state index in [0.717, 1.165) is 65.6 Å². The van der Waals surface area contributed by atoms with Crippen LogP contribution < -0.4 is 5.32 Å². The van der Waals surface area contributed by atoms with Gasteiger partial charge in [-0.05, 0) is 18.1 Å². The summed E-state index contributed by atoms with van der Waals surface area (Å²) in [4.78, 5) is 19.0. The lowest BCUT2D eigenvalue weighted by molar-refractivity contribution is 0.0385. The van der Waals surface area contributed by atoms with Gasteiger partial charge in [-0.15, -0.1) is 0 Å². The van der Waals surface area contributed by atoms with Crippen molar-refractivity contribution < 1.29 is 9.53 Å². The summed E-state index contributed by atoms with van der Waals surface area (Å²) in [6.07, 6.45) is 0. The van der Waals surface area contributed by atoms with Gasteiger partial charge in [0.1, 0.15) is 0 Å². The SMILES string of the molecule is Cc1ccccc1CN1CCN(C(=O)NCCN2CCOCC2)CC1. The maximum atomic E-state index is 12.3. The van der Waals surface area contributed by atoms with E-state index < -0.39 is 0 Å². The number of hydrogen-bond acceptors (Lipinski definition) is 4. The highest BCUT2D eigenvalue weighted by Crippen LogP contribution is 2.12. The summed E-state index contributed by atoms with van der Waals surface area (Å²) in [5.74, 6) is 0. The van der Waals surface area contributed by atoms with Crippen LogP contribution in [0.15, 0.2) is 24.3 Å². The molecule has 3 rings (SSSR count). The molecule has 2 aliphatic rings. The van der Waals surface area contributed by atoms with E-state index in [2.05, 4.69) is 46.3 Å². The Kier molecular flexibility index (Phi) is 6.67. The molecule has 0 aliphatic carbocycles. The zero-order chi connectivity index (χ0) is 17.5. The average Bonchev–Trinajstić information content (AvgIpc) is 2.65. The summed E-state index contributed by atoms with van der Waals surface area (Å²) in [7, 11) is 0. The van der Waals surface area contributed by atoms with E-state index in [4.69, 9.17) is 4.74 Å². The molecule has 0 atom stereocenters. The van der Waals surface area contributed by atoms with Crippen LogP contribution in [-0.4, -0.2) is 86.3 Å². The van der Waals surface area contributed by atoms with Gasteiger partial charge in [-0.25, -0.2) is 4.79 Å². The second-order valence-electron chi connectivity index (χ2n) is 6.88. The van der Waals surface area contributed by atoms with Crippen LogP contribution in [0.25, 0.3) is 0 Å².